The van der Waals surface area contributed by atoms with E-state index in [1.54, 1.807) is 30.7 Å². The van der Waals surface area contributed by atoms with E-state index in [0.29, 0.717) is 27.8 Å². The summed E-state index contributed by atoms with van der Waals surface area (Å²) in [6.45, 7) is 0. The summed E-state index contributed by atoms with van der Waals surface area (Å²) in [5, 5.41) is 6.20. The first-order chi connectivity index (χ1) is 12.0. The SMILES string of the molecule is COc1ccc(Cc2nc(C(=O)Nc3ccc(Cl)c(Cl)c3)cs2)cc1. The van der Waals surface area contributed by atoms with Crippen molar-refractivity contribution in [3.8, 4) is 5.75 Å². The molecular weight excluding hydrogens is 379 g/mol. The number of carbonyl (C=O) groups excluding carboxylic acids is 1. The standard InChI is InChI=1S/C18H14Cl2N2O2S/c1-24-13-5-2-11(3-6-13)8-17-22-16(10-25-17)18(23)21-12-4-7-14(19)15(20)9-12/h2-7,9-10H,8H2,1H3,(H,21,23). The number of nitrogens with zero attached hydrogens (tertiary/aromatic N) is 1. The van der Waals surface area contributed by atoms with E-state index in [9.17, 15) is 4.79 Å². The lowest BCUT2D eigenvalue weighted by Gasteiger charge is -2.04. The van der Waals surface area contributed by atoms with E-state index >= 15 is 0 Å². The molecule has 0 spiro atoms. The predicted octanol–water partition coefficient (Wildman–Crippen LogP) is 5.30. The average molecular weight is 393 g/mol. The van der Waals surface area contributed by atoms with Gasteiger partial charge in [-0.1, -0.05) is 35.3 Å². The lowest BCUT2D eigenvalue weighted by atomic mass is 10.1. The summed E-state index contributed by atoms with van der Waals surface area (Å²) in [7, 11) is 1.63. The molecule has 0 atom stereocenters. The smallest absolute Gasteiger partial charge is 0.275 e. The number of ether oxygens (including phenoxy) is 1. The van der Waals surface area contributed by atoms with Crippen LogP contribution in [0.2, 0.25) is 10.0 Å². The van der Waals surface area contributed by atoms with Crippen molar-refractivity contribution < 1.29 is 9.53 Å². The number of hydrogen-bond acceptors (Lipinski definition) is 4. The van der Waals surface area contributed by atoms with Crippen molar-refractivity contribution in [1.82, 2.24) is 4.98 Å². The van der Waals surface area contributed by atoms with Crippen LogP contribution in [0.15, 0.2) is 47.8 Å². The van der Waals surface area contributed by atoms with Crippen molar-refractivity contribution in [3.05, 3.63) is 74.2 Å². The lowest BCUT2D eigenvalue weighted by Crippen LogP contribution is -2.12. The molecule has 0 saturated carbocycles. The van der Waals surface area contributed by atoms with Crippen molar-refractivity contribution in [2.45, 2.75) is 6.42 Å². The van der Waals surface area contributed by atoms with Crippen LogP contribution in [0.1, 0.15) is 21.1 Å². The summed E-state index contributed by atoms with van der Waals surface area (Å²) >= 11 is 13.3. The largest absolute Gasteiger partial charge is 0.497 e. The van der Waals surface area contributed by atoms with Gasteiger partial charge in [-0.3, -0.25) is 4.79 Å². The highest BCUT2D eigenvalue weighted by Gasteiger charge is 2.12. The minimum atomic E-state index is -0.282. The van der Waals surface area contributed by atoms with E-state index in [0.717, 1.165) is 16.3 Å². The van der Waals surface area contributed by atoms with Gasteiger partial charge in [-0.15, -0.1) is 11.3 Å². The Morgan fingerprint density at radius 2 is 1.92 bits per heavy atom. The molecule has 1 N–H and O–H groups in total. The van der Waals surface area contributed by atoms with Crippen LogP contribution >= 0.6 is 34.5 Å². The minimum absolute atomic E-state index is 0.282. The molecule has 2 aromatic carbocycles. The molecular formula is C18H14Cl2N2O2S. The maximum atomic E-state index is 12.3. The average Bonchev–Trinajstić information content (AvgIpc) is 3.07. The van der Waals surface area contributed by atoms with Gasteiger partial charge in [0.2, 0.25) is 0 Å². The first-order valence-corrected chi connectivity index (χ1v) is 9.02. The zero-order chi connectivity index (χ0) is 17.8. The highest BCUT2D eigenvalue weighted by molar-refractivity contribution is 7.09. The first kappa shape index (κ1) is 17.7. The van der Waals surface area contributed by atoms with Gasteiger partial charge >= 0.3 is 0 Å². The van der Waals surface area contributed by atoms with Gasteiger partial charge in [0.1, 0.15) is 11.4 Å². The molecule has 25 heavy (non-hydrogen) atoms. The van der Waals surface area contributed by atoms with Gasteiger partial charge in [-0.25, -0.2) is 4.98 Å². The number of halogens is 2. The Balaban J connectivity index is 1.67. The molecule has 3 rings (SSSR count). The van der Waals surface area contributed by atoms with Crippen molar-refractivity contribution in [2.24, 2.45) is 0 Å². The van der Waals surface area contributed by atoms with Gasteiger partial charge in [0.05, 0.1) is 22.2 Å². The van der Waals surface area contributed by atoms with Crippen molar-refractivity contribution in [2.75, 3.05) is 12.4 Å². The van der Waals surface area contributed by atoms with Crippen LogP contribution < -0.4 is 10.1 Å². The monoisotopic (exact) mass is 392 g/mol. The van der Waals surface area contributed by atoms with Crippen LogP contribution in [0.4, 0.5) is 5.69 Å². The maximum absolute atomic E-state index is 12.3. The van der Waals surface area contributed by atoms with E-state index in [-0.39, 0.29) is 5.91 Å². The molecule has 0 radical (unpaired) electrons. The molecule has 0 aliphatic carbocycles. The highest BCUT2D eigenvalue weighted by atomic mass is 35.5. The Hall–Kier alpha value is -2.08. The molecule has 1 heterocycles. The number of hydrogen-bond donors (Lipinski definition) is 1. The van der Waals surface area contributed by atoms with E-state index in [1.807, 2.05) is 24.3 Å². The molecule has 3 aromatic rings. The number of carbonyl (C=O) groups is 1. The second kappa shape index (κ2) is 7.87. The third-order valence-electron chi connectivity index (χ3n) is 3.48. The second-order valence-corrected chi connectivity index (χ2v) is 6.99. The molecule has 0 aliphatic heterocycles. The molecule has 0 saturated heterocycles. The van der Waals surface area contributed by atoms with Gasteiger partial charge in [0.25, 0.3) is 5.91 Å². The Kier molecular flexibility index (Phi) is 5.58. The van der Waals surface area contributed by atoms with Crippen molar-refractivity contribution >= 4 is 46.1 Å². The lowest BCUT2D eigenvalue weighted by molar-refractivity contribution is 0.102. The third kappa shape index (κ3) is 4.51. The van der Waals surface area contributed by atoms with Crippen LogP contribution in [0, 0.1) is 0 Å². The first-order valence-electron chi connectivity index (χ1n) is 7.39. The molecule has 7 heteroatoms. The van der Waals surface area contributed by atoms with Crippen molar-refractivity contribution in [1.29, 1.82) is 0 Å². The Bertz CT molecular complexity index is 894. The molecule has 0 unspecified atom stereocenters. The van der Waals surface area contributed by atoms with Gasteiger partial charge < -0.3 is 10.1 Å². The summed E-state index contributed by atoms with van der Waals surface area (Å²) < 4.78 is 5.14. The third-order valence-corrected chi connectivity index (χ3v) is 5.06. The van der Waals surface area contributed by atoms with Crippen molar-refractivity contribution in [3.63, 3.8) is 0 Å². The minimum Gasteiger partial charge on any atom is -0.497 e. The van der Waals surface area contributed by atoms with Crippen LogP contribution in [0.25, 0.3) is 0 Å². The second-order valence-electron chi connectivity index (χ2n) is 5.23. The number of methoxy groups -OCH3 is 1. The number of rotatable bonds is 5. The highest BCUT2D eigenvalue weighted by Crippen LogP contribution is 2.25. The van der Waals surface area contributed by atoms with E-state index in [2.05, 4.69) is 10.3 Å². The molecule has 0 bridgehead atoms. The van der Waals surface area contributed by atoms with Crippen LogP contribution in [-0.4, -0.2) is 18.0 Å². The summed E-state index contributed by atoms with van der Waals surface area (Å²) in [5.74, 6) is 0.528. The summed E-state index contributed by atoms with van der Waals surface area (Å²) in [4.78, 5) is 16.7. The van der Waals surface area contributed by atoms with Gasteiger partial charge in [0, 0.05) is 17.5 Å². The number of amides is 1. The number of aromatic nitrogens is 1. The number of anilines is 1. The van der Waals surface area contributed by atoms with E-state index in [4.69, 9.17) is 27.9 Å². The zero-order valence-corrected chi connectivity index (χ0v) is 15.6. The zero-order valence-electron chi connectivity index (χ0n) is 13.3. The molecule has 0 aliphatic rings. The number of benzene rings is 2. The topological polar surface area (TPSA) is 51.2 Å². The number of thiazole rings is 1. The maximum Gasteiger partial charge on any atom is 0.275 e. The quantitative estimate of drug-likeness (QED) is 0.640. The Morgan fingerprint density at radius 1 is 1.16 bits per heavy atom. The Morgan fingerprint density at radius 3 is 2.60 bits per heavy atom. The van der Waals surface area contributed by atoms with Crippen LogP contribution in [-0.2, 0) is 6.42 Å². The molecule has 0 fully saturated rings. The molecule has 1 amide bonds. The molecule has 128 valence electrons. The molecule has 1 aromatic heterocycles. The summed E-state index contributed by atoms with van der Waals surface area (Å²) in [5.41, 5.74) is 2.05. The fourth-order valence-corrected chi connectivity index (χ4v) is 3.29. The van der Waals surface area contributed by atoms with Crippen LogP contribution in [0.5, 0.6) is 5.75 Å². The normalized spacial score (nSPS) is 10.5. The fraction of sp³-hybridized carbons (Fsp3) is 0.111. The van der Waals surface area contributed by atoms with E-state index < -0.39 is 0 Å². The summed E-state index contributed by atoms with van der Waals surface area (Å²) in [6.07, 6.45) is 0.661. The van der Waals surface area contributed by atoms with Gasteiger partial charge in [-0.05, 0) is 35.9 Å². The Labute approximate surface area is 159 Å². The van der Waals surface area contributed by atoms with E-state index in [1.165, 1.54) is 11.3 Å². The van der Waals surface area contributed by atoms with Crippen LogP contribution in [0.3, 0.4) is 0 Å². The fourth-order valence-electron chi connectivity index (χ4n) is 2.18. The van der Waals surface area contributed by atoms with Gasteiger partial charge in [-0.2, -0.15) is 0 Å². The molecule has 4 nitrogen and oxygen atoms in total. The predicted molar refractivity (Wildman–Crippen MR) is 102 cm³/mol. The van der Waals surface area contributed by atoms with Gasteiger partial charge in [0.15, 0.2) is 0 Å². The number of nitrogens with one attached hydrogen (secondary N) is 1. The summed E-state index contributed by atoms with van der Waals surface area (Å²) in [6, 6.07) is 12.7.